The molecule has 0 aliphatic heterocycles. The average molecular weight is 575 g/mol. The fourth-order valence-electron chi connectivity index (χ4n) is 6.00. The van der Waals surface area contributed by atoms with E-state index in [1.807, 2.05) is 0 Å². The number of rotatable bonds is 11. The topological polar surface area (TPSA) is 20.2 Å². The van der Waals surface area contributed by atoms with Crippen molar-refractivity contribution in [3.63, 3.8) is 0 Å². The zero-order chi connectivity index (χ0) is 28.6. The molecule has 0 heterocycles. The molecule has 1 N–H and O–H groups in total. The molecule has 0 saturated heterocycles. The highest BCUT2D eigenvalue weighted by molar-refractivity contribution is 7.72. The molecule has 0 unspecified atom stereocenters. The van der Waals surface area contributed by atoms with Crippen LogP contribution in [0.25, 0.3) is 0 Å². The summed E-state index contributed by atoms with van der Waals surface area (Å²) in [7, 11) is -1.25. The molecule has 208 valence electrons. The molecule has 3 heteroatoms. The Hall–Kier alpha value is -3.24. The third-order valence-corrected chi connectivity index (χ3v) is 12.9. The second kappa shape index (κ2) is 14.1. The lowest BCUT2D eigenvalue weighted by Gasteiger charge is -2.29. The van der Waals surface area contributed by atoms with Crippen LogP contribution in [0.5, 0.6) is 5.75 Å². The molecule has 0 aliphatic carbocycles. The van der Waals surface area contributed by atoms with Crippen molar-refractivity contribution in [3.8, 4) is 5.75 Å². The summed E-state index contributed by atoms with van der Waals surface area (Å²) in [5.41, 5.74) is 6.48. The Kier molecular flexibility index (Phi) is 10.1. The van der Waals surface area contributed by atoms with Gasteiger partial charge in [0.2, 0.25) is 0 Å². The highest BCUT2D eigenvalue weighted by atomic mass is 31.1. The maximum Gasteiger partial charge on any atom is 0.122 e. The van der Waals surface area contributed by atoms with Crippen LogP contribution in [-0.2, 0) is 31.6 Å². The summed E-state index contributed by atoms with van der Waals surface area (Å²) in [6, 6.07) is 43.9. The number of hydrogen-bond acceptors (Lipinski definition) is 1. The molecule has 0 radical (unpaired) electrons. The standard InChI is InChI=1S/C38H40OP2/c1-4-33-36(27-40(29-19-11-7-12-20-29)30-21-13-8-14-22-30)34(5-2)38(39)35(6-3)37(33)28-41(31-23-15-9-16-24-31)32-25-17-10-18-26-32/h7-26,39H,4-6,27-28H2,1-3H3. The first-order chi connectivity index (χ1) is 20.2. The van der Waals surface area contributed by atoms with E-state index in [1.54, 1.807) is 0 Å². The molecule has 1 nitrogen and oxygen atoms in total. The summed E-state index contributed by atoms with van der Waals surface area (Å²) in [6.45, 7) is 6.70. The molecule has 0 aromatic heterocycles. The minimum absolute atomic E-state index is 0.532. The fraction of sp³-hybridized carbons (Fsp3) is 0.211. The van der Waals surface area contributed by atoms with Crippen LogP contribution in [0, 0.1) is 0 Å². The van der Waals surface area contributed by atoms with Gasteiger partial charge in [0.05, 0.1) is 0 Å². The maximum atomic E-state index is 11.9. The highest BCUT2D eigenvalue weighted by Crippen LogP contribution is 2.47. The molecule has 0 aliphatic rings. The zero-order valence-corrected chi connectivity index (χ0v) is 26.2. The van der Waals surface area contributed by atoms with Crippen molar-refractivity contribution in [3.05, 3.63) is 149 Å². The Morgan fingerprint density at radius 2 is 0.659 bits per heavy atom. The summed E-state index contributed by atoms with van der Waals surface area (Å²) < 4.78 is 0. The van der Waals surface area contributed by atoms with Gasteiger partial charge in [-0.3, -0.25) is 0 Å². The lowest BCUT2D eigenvalue weighted by Crippen LogP contribution is -2.18. The van der Waals surface area contributed by atoms with Gasteiger partial charge in [-0.15, -0.1) is 0 Å². The first kappa shape index (κ1) is 29.3. The molecule has 0 fully saturated rings. The molecule has 0 bridgehead atoms. The first-order valence-electron chi connectivity index (χ1n) is 14.8. The van der Waals surface area contributed by atoms with E-state index in [0.29, 0.717) is 5.75 Å². The van der Waals surface area contributed by atoms with Gasteiger partial charge in [0, 0.05) is 12.3 Å². The molecular formula is C38H40OP2. The van der Waals surface area contributed by atoms with Crippen molar-refractivity contribution in [2.24, 2.45) is 0 Å². The van der Waals surface area contributed by atoms with Crippen molar-refractivity contribution in [2.45, 2.75) is 52.4 Å². The van der Waals surface area contributed by atoms with Crippen LogP contribution in [0.4, 0.5) is 0 Å². The highest BCUT2D eigenvalue weighted by Gasteiger charge is 2.27. The molecule has 5 aromatic carbocycles. The summed E-state index contributed by atoms with van der Waals surface area (Å²) in [5, 5.41) is 17.4. The Morgan fingerprint density at radius 1 is 0.390 bits per heavy atom. The quantitative estimate of drug-likeness (QED) is 0.157. The normalized spacial score (nSPS) is 11.3. The largest absolute Gasteiger partial charge is 0.507 e. The Labute approximate surface area is 248 Å². The second-order valence-electron chi connectivity index (χ2n) is 10.3. The summed E-state index contributed by atoms with van der Waals surface area (Å²) in [6.07, 6.45) is 4.51. The van der Waals surface area contributed by atoms with E-state index in [0.717, 1.165) is 42.7 Å². The summed E-state index contributed by atoms with van der Waals surface area (Å²) >= 11 is 0. The molecular weight excluding hydrogens is 534 g/mol. The van der Waals surface area contributed by atoms with Crippen molar-refractivity contribution in [2.75, 3.05) is 0 Å². The maximum absolute atomic E-state index is 11.9. The van der Waals surface area contributed by atoms with Crippen LogP contribution in [0.1, 0.15) is 48.6 Å². The minimum Gasteiger partial charge on any atom is -0.507 e. The van der Waals surface area contributed by atoms with Crippen LogP contribution in [0.15, 0.2) is 121 Å². The van der Waals surface area contributed by atoms with E-state index in [9.17, 15) is 5.11 Å². The summed E-state index contributed by atoms with van der Waals surface area (Å²) in [5.74, 6) is 0.532. The van der Waals surface area contributed by atoms with Gasteiger partial charge in [-0.05, 0) is 84.1 Å². The summed E-state index contributed by atoms with van der Waals surface area (Å²) in [4.78, 5) is 0. The van der Waals surface area contributed by atoms with E-state index in [-0.39, 0.29) is 0 Å². The Bertz CT molecular complexity index is 1340. The molecule has 5 rings (SSSR count). The van der Waals surface area contributed by atoms with Crippen LogP contribution in [-0.4, -0.2) is 5.11 Å². The van der Waals surface area contributed by atoms with Crippen LogP contribution >= 0.6 is 15.8 Å². The average Bonchev–Trinajstić information content (AvgIpc) is 3.04. The molecule has 0 spiro atoms. The molecule has 5 aromatic rings. The molecule has 0 atom stereocenters. The number of aromatic hydroxyl groups is 1. The molecule has 0 amide bonds. The monoisotopic (exact) mass is 574 g/mol. The van der Waals surface area contributed by atoms with Gasteiger partial charge in [-0.2, -0.15) is 0 Å². The molecule has 0 saturated carbocycles. The number of phenols is 1. The molecule has 41 heavy (non-hydrogen) atoms. The van der Waals surface area contributed by atoms with Crippen LogP contribution in [0.2, 0.25) is 0 Å². The van der Waals surface area contributed by atoms with Gasteiger partial charge in [0.15, 0.2) is 0 Å². The fourth-order valence-corrected chi connectivity index (χ4v) is 10.8. The lowest BCUT2D eigenvalue weighted by molar-refractivity contribution is 0.460. The van der Waals surface area contributed by atoms with E-state index in [1.165, 1.54) is 37.9 Å². The van der Waals surface area contributed by atoms with Crippen molar-refractivity contribution < 1.29 is 5.11 Å². The predicted octanol–water partition coefficient (Wildman–Crippen LogP) is 8.35. The third kappa shape index (κ3) is 6.48. The van der Waals surface area contributed by atoms with Crippen molar-refractivity contribution >= 4 is 37.1 Å². The van der Waals surface area contributed by atoms with Gasteiger partial charge < -0.3 is 5.11 Å². The van der Waals surface area contributed by atoms with Gasteiger partial charge in [0.1, 0.15) is 5.75 Å². The Balaban J connectivity index is 1.69. The van der Waals surface area contributed by atoms with Crippen molar-refractivity contribution in [1.82, 2.24) is 0 Å². The van der Waals surface area contributed by atoms with E-state index in [4.69, 9.17) is 0 Å². The minimum atomic E-state index is -0.623. The Morgan fingerprint density at radius 3 is 0.902 bits per heavy atom. The van der Waals surface area contributed by atoms with Gasteiger partial charge in [-0.1, -0.05) is 142 Å². The number of hydrogen-bond donors (Lipinski definition) is 1. The predicted molar refractivity (Wildman–Crippen MR) is 182 cm³/mol. The van der Waals surface area contributed by atoms with E-state index in [2.05, 4.69) is 142 Å². The third-order valence-electron chi connectivity index (χ3n) is 7.99. The first-order valence-corrected chi connectivity index (χ1v) is 17.8. The van der Waals surface area contributed by atoms with E-state index >= 15 is 0 Å². The van der Waals surface area contributed by atoms with E-state index < -0.39 is 15.8 Å². The van der Waals surface area contributed by atoms with Gasteiger partial charge >= 0.3 is 0 Å². The number of benzene rings is 5. The zero-order valence-electron chi connectivity index (χ0n) is 24.4. The van der Waals surface area contributed by atoms with Crippen LogP contribution in [0.3, 0.4) is 0 Å². The van der Waals surface area contributed by atoms with Gasteiger partial charge in [0.25, 0.3) is 0 Å². The van der Waals surface area contributed by atoms with Crippen molar-refractivity contribution in [1.29, 1.82) is 0 Å². The van der Waals surface area contributed by atoms with Crippen LogP contribution < -0.4 is 21.2 Å². The van der Waals surface area contributed by atoms with Gasteiger partial charge in [-0.25, -0.2) is 0 Å². The SMILES string of the molecule is CCc1c(O)c(CC)c(CP(c2ccccc2)c2ccccc2)c(CC)c1CP(c1ccccc1)c1ccccc1. The smallest absolute Gasteiger partial charge is 0.122 e. The lowest BCUT2D eigenvalue weighted by atomic mass is 9.88. The second-order valence-corrected chi connectivity index (χ2v) is 14.7. The number of phenolic OH excluding ortho intramolecular Hbond substituents is 1.